The van der Waals surface area contributed by atoms with Crippen LogP contribution < -0.4 is 5.32 Å². The van der Waals surface area contributed by atoms with Gasteiger partial charge in [0, 0.05) is 23.5 Å². The predicted octanol–water partition coefficient (Wildman–Crippen LogP) is 5.09. The molecule has 7 heteroatoms. The smallest absolute Gasteiger partial charge is 0.271 e. The molecule has 162 valence electrons. The van der Waals surface area contributed by atoms with E-state index in [1.807, 2.05) is 71.5 Å². The van der Waals surface area contributed by atoms with Crippen molar-refractivity contribution in [3.05, 3.63) is 94.0 Å². The quantitative estimate of drug-likeness (QED) is 0.448. The molecule has 1 aliphatic rings. The minimum Gasteiger partial charge on any atom is -0.350 e. The molecule has 0 radical (unpaired) electrons. The SMILES string of the molecule is C[C@]1(C(=O)NCc2ccc(Cl)cc2)Cn2c(cc3ccsc32)C(=O)N1Cc1ccccc1. The van der Waals surface area contributed by atoms with Crippen molar-refractivity contribution in [1.82, 2.24) is 14.8 Å². The molecule has 3 heterocycles. The Hall–Kier alpha value is -3.09. The first-order valence-corrected chi connectivity index (χ1v) is 11.7. The third-order valence-electron chi connectivity index (χ3n) is 6.07. The number of nitrogens with zero attached hydrogens (tertiary/aromatic N) is 2. The van der Waals surface area contributed by atoms with E-state index in [0.717, 1.165) is 21.3 Å². The second-order valence-electron chi connectivity index (χ2n) is 8.26. The number of fused-ring (bicyclic) bond motifs is 3. The van der Waals surface area contributed by atoms with Crippen molar-refractivity contribution < 1.29 is 9.59 Å². The molecule has 4 aromatic rings. The summed E-state index contributed by atoms with van der Waals surface area (Å²) in [6, 6.07) is 21.1. The van der Waals surface area contributed by atoms with Gasteiger partial charge in [0.25, 0.3) is 5.91 Å². The van der Waals surface area contributed by atoms with E-state index in [0.29, 0.717) is 30.4 Å². The number of thiophene rings is 1. The molecule has 0 saturated carbocycles. The fraction of sp³-hybridized carbons (Fsp3) is 0.200. The van der Waals surface area contributed by atoms with Crippen molar-refractivity contribution in [2.75, 3.05) is 0 Å². The van der Waals surface area contributed by atoms with Crippen LogP contribution in [0.1, 0.15) is 28.5 Å². The van der Waals surface area contributed by atoms with Crippen LogP contribution >= 0.6 is 22.9 Å². The Morgan fingerprint density at radius 2 is 1.84 bits per heavy atom. The van der Waals surface area contributed by atoms with Gasteiger partial charge in [-0.3, -0.25) is 9.59 Å². The molecule has 1 N–H and O–H groups in total. The van der Waals surface area contributed by atoms with Gasteiger partial charge in [-0.15, -0.1) is 11.3 Å². The average Bonchev–Trinajstić information content (AvgIpc) is 3.39. The molecule has 32 heavy (non-hydrogen) atoms. The molecule has 5 rings (SSSR count). The van der Waals surface area contributed by atoms with Crippen molar-refractivity contribution in [2.24, 2.45) is 0 Å². The highest BCUT2D eigenvalue weighted by atomic mass is 35.5. The van der Waals surface area contributed by atoms with Gasteiger partial charge >= 0.3 is 0 Å². The van der Waals surface area contributed by atoms with Crippen LogP contribution in [0.15, 0.2) is 72.1 Å². The average molecular weight is 464 g/mol. The summed E-state index contributed by atoms with van der Waals surface area (Å²) in [7, 11) is 0. The molecule has 0 unspecified atom stereocenters. The third-order valence-corrected chi connectivity index (χ3v) is 7.27. The normalized spacial score (nSPS) is 18.1. The van der Waals surface area contributed by atoms with Crippen molar-refractivity contribution >= 4 is 45.0 Å². The molecule has 1 atom stereocenters. The molecule has 0 bridgehead atoms. The first kappa shape index (κ1) is 20.8. The van der Waals surface area contributed by atoms with Crippen molar-refractivity contribution in [1.29, 1.82) is 0 Å². The van der Waals surface area contributed by atoms with E-state index >= 15 is 0 Å². The highest BCUT2D eigenvalue weighted by molar-refractivity contribution is 7.16. The molecule has 0 saturated heterocycles. The standard InChI is InChI=1S/C25H22ClN3O2S/c1-25(24(31)27-14-17-7-9-20(26)10-8-17)16-28-21(13-19-11-12-32-23(19)28)22(30)29(25)15-18-5-3-2-4-6-18/h2-13H,14-16H2,1H3,(H,27,31)/t25-/m1/s1. The first-order valence-electron chi connectivity index (χ1n) is 10.4. The lowest BCUT2D eigenvalue weighted by Crippen LogP contribution is -2.63. The summed E-state index contributed by atoms with van der Waals surface area (Å²) in [6.45, 7) is 2.99. The van der Waals surface area contributed by atoms with Gasteiger partial charge < -0.3 is 14.8 Å². The van der Waals surface area contributed by atoms with E-state index in [4.69, 9.17) is 11.6 Å². The Bertz CT molecular complexity index is 1300. The molecule has 0 spiro atoms. The monoisotopic (exact) mass is 463 g/mol. The van der Waals surface area contributed by atoms with E-state index in [-0.39, 0.29) is 11.8 Å². The van der Waals surface area contributed by atoms with Gasteiger partial charge in [0.05, 0.1) is 6.54 Å². The van der Waals surface area contributed by atoms with Gasteiger partial charge in [-0.25, -0.2) is 0 Å². The first-order chi connectivity index (χ1) is 15.5. The van der Waals surface area contributed by atoms with Crippen LogP contribution in [0, 0.1) is 0 Å². The molecular weight excluding hydrogens is 442 g/mol. The number of hydrogen-bond acceptors (Lipinski definition) is 3. The zero-order valence-electron chi connectivity index (χ0n) is 17.5. The van der Waals surface area contributed by atoms with Gasteiger partial charge in [0.2, 0.25) is 5.91 Å². The largest absolute Gasteiger partial charge is 0.350 e. The fourth-order valence-electron chi connectivity index (χ4n) is 4.25. The summed E-state index contributed by atoms with van der Waals surface area (Å²) >= 11 is 7.56. The summed E-state index contributed by atoms with van der Waals surface area (Å²) in [5.74, 6) is -0.312. The van der Waals surface area contributed by atoms with Gasteiger partial charge in [-0.1, -0.05) is 54.1 Å². The zero-order valence-corrected chi connectivity index (χ0v) is 19.1. The van der Waals surface area contributed by atoms with Crippen LogP contribution in [0.4, 0.5) is 0 Å². The Labute approximate surface area is 195 Å². The Morgan fingerprint density at radius 3 is 2.59 bits per heavy atom. The topological polar surface area (TPSA) is 54.3 Å². The number of benzene rings is 2. The summed E-state index contributed by atoms with van der Waals surface area (Å²) in [5, 5.41) is 6.74. The van der Waals surface area contributed by atoms with E-state index in [1.165, 1.54) is 0 Å². The summed E-state index contributed by atoms with van der Waals surface area (Å²) in [6.07, 6.45) is 0. The Morgan fingerprint density at radius 1 is 1.09 bits per heavy atom. The van der Waals surface area contributed by atoms with Gasteiger partial charge in [0.1, 0.15) is 16.1 Å². The van der Waals surface area contributed by atoms with Crippen LogP contribution in [0.25, 0.3) is 10.2 Å². The Balaban J connectivity index is 1.49. The van der Waals surface area contributed by atoms with Crippen LogP contribution in [-0.2, 0) is 24.4 Å². The van der Waals surface area contributed by atoms with Crippen molar-refractivity contribution in [3.63, 3.8) is 0 Å². The molecule has 2 aromatic heterocycles. The predicted molar refractivity (Wildman–Crippen MR) is 128 cm³/mol. The zero-order chi connectivity index (χ0) is 22.3. The lowest BCUT2D eigenvalue weighted by Gasteiger charge is -2.44. The molecule has 2 amide bonds. The number of carbonyl (C=O) groups is 2. The second-order valence-corrected chi connectivity index (χ2v) is 9.59. The second kappa shape index (κ2) is 8.11. The number of nitrogens with one attached hydrogen (secondary N) is 1. The summed E-state index contributed by atoms with van der Waals surface area (Å²) in [4.78, 5) is 29.9. The molecule has 1 aliphatic heterocycles. The van der Waals surface area contributed by atoms with E-state index < -0.39 is 5.54 Å². The van der Waals surface area contributed by atoms with Crippen LogP contribution in [-0.4, -0.2) is 26.8 Å². The van der Waals surface area contributed by atoms with Gasteiger partial charge in [-0.05, 0) is 47.7 Å². The summed E-state index contributed by atoms with van der Waals surface area (Å²) < 4.78 is 1.99. The number of carbonyl (C=O) groups excluding carboxylic acids is 2. The third kappa shape index (κ3) is 3.59. The Kier molecular flexibility index (Phi) is 5.27. The molecule has 0 aliphatic carbocycles. The van der Waals surface area contributed by atoms with E-state index in [2.05, 4.69) is 5.32 Å². The molecule has 5 nitrogen and oxygen atoms in total. The van der Waals surface area contributed by atoms with Crippen molar-refractivity contribution in [3.8, 4) is 0 Å². The molecule has 0 fully saturated rings. The molecular formula is C25H22ClN3O2S. The van der Waals surface area contributed by atoms with Crippen LogP contribution in [0.2, 0.25) is 5.02 Å². The minimum atomic E-state index is -1.04. The lowest BCUT2D eigenvalue weighted by molar-refractivity contribution is -0.133. The maximum atomic E-state index is 13.6. The highest BCUT2D eigenvalue weighted by Crippen LogP contribution is 2.35. The number of rotatable bonds is 5. The maximum Gasteiger partial charge on any atom is 0.271 e. The number of halogens is 1. The van der Waals surface area contributed by atoms with Gasteiger partial charge in [-0.2, -0.15) is 0 Å². The molecule has 2 aromatic carbocycles. The van der Waals surface area contributed by atoms with Crippen LogP contribution in [0.3, 0.4) is 0 Å². The number of aromatic nitrogens is 1. The highest BCUT2D eigenvalue weighted by Gasteiger charge is 2.47. The van der Waals surface area contributed by atoms with Crippen molar-refractivity contribution in [2.45, 2.75) is 32.1 Å². The minimum absolute atomic E-state index is 0.132. The number of hydrogen-bond donors (Lipinski definition) is 1. The maximum absolute atomic E-state index is 13.6. The van der Waals surface area contributed by atoms with E-state index in [1.54, 1.807) is 28.4 Å². The van der Waals surface area contributed by atoms with Crippen LogP contribution in [0.5, 0.6) is 0 Å². The number of amides is 2. The van der Waals surface area contributed by atoms with Gasteiger partial charge in [0.15, 0.2) is 0 Å². The van der Waals surface area contributed by atoms with E-state index in [9.17, 15) is 9.59 Å². The fourth-order valence-corrected chi connectivity index (χ4v) is 5.27. The lowest BCUT2D eigenvalue weighted by atomic mass is 9.93. The summed E-state index contributed by atoms with van der Waals surface area (Å²) in [5.41, 5.74) is 1.53.